The normalized spacial score (nSPS) is 7.61. The van der Waals surface area contributed by atoms with Gasteiger partial charge in [0, 0.05) is 25.9 Å². The van der Waals surface area contributed by atoms with Crippen molar-refractivity contribution in [3.63, 3.8) is 0 Å². The van der Waals surface area contributed by atoms with Crippen molar-refractivity contribution in [1.29, 1.82) is 0 Å². The van der Waals surface area contributed by atoms with Crippen molar-refractivity contribution in [3.05, 3.63) is 0 Å². The number of nitrogens with one attached hydrogen (secondary N) is 1. The van der Waals surface area contributed by atoms with Gasteiger partial charge in [-0.15, -0.1) is 0 Å². The Morgan fingerprint density at radius 3 is 2.06 bits per heavy atom. The van der Waals surface area contributed by atoms with Crippen LogP contribution in [0.15, 0.2) is 0 Å². The van der Waals surface area contributed by atoms with Gasteiger partial charge in [-0.05, 0) is 12.8 Å². The molecule has 0 fully saturated rings. The molecule has 0 atom stereocenters. The number of carboxylic acids is 1. The standard InChI is InChI=1S/C8H16N2O4.2Na.2H2O.2H/c9-5-6-10-14-8(13)4-2-1-3-7(11)12;;;;;;/h10H,1-6,9H2,(H,11,12);;;2*1H2;;. The van der Waals surface area contributed by atoms with E-state index < -0.39 is 5.97 Å². The molecule has 0 saturated carbocycles. The molecule has 8 N–H and O–H groups in total. The molecule has 0 saturated heterocycles. The van der Waals surface area contributed by atoms with Crippen LogP contribution < -0.4 is 11.2 Å². The van der Waals surface area contributed by atoms with E-state index in [2.05, 4.69) is 10.3 Å². The third-order valence-electron chi connectivity index (χ3n) is 1.45. The molecule has 0 radical (unpaired) electrons. The second-order valence-electron chi connectivity index (χ2n) is 2.76. The van der Waals surface area contributed by atoms with E-state index in [1.165, 1.54) is 0 Å². The second kappa shape index (κ2) is 22.9. The predicted octanol–water partition coefficient (Wildman–Crippen LogP) is -3.31. The van der Waals surface area contributed by atoms with Crippen LogP contribution in [0.2, 0.25) is 0 Å². The van der Waals surface area contributed by atoms with Crippen molar-refractivity contribution in [2.24, 2.45) is 5.73 Å². The Kier molecular flexibility index (Phi) is 39.8. The first kappa shape index (κ1) is 31.3. The van der Waals surface area contributed by atoms with E-state index in [0.29, 0.717) is 25.9 Å². The van der Waals surface area contributed by atoms with Crippen LogP contribution in [-0.2, 0) is 14.4 Å². The molecule has 10 heteroatoms. The van der Waals surface area contributed by atoms with Gasteiger partial charge in [0.2, 0.25) is 0 Å². The molecule has 0 heterocycles. The SMILES string of the molecule is NCCNOC(=O)CCCCC(=O)O.O.O.[NaH].[NaH]. The summed E-state index contributed by atoms with van der Waals surface area (Å²) in [4.78, 5) is 25.6. The van der Waals surface area contributed by atoms with Crippen molar-refractivity contribution in [3.8, 4) is 0 Å². The number of nitrogens with two attached hydrogens (primary N) is 1. The number of hydrogen-bond acceptors (Lipinski definition) is 5. The first-order valence-corrected chi connectivity index (χ1v) is 4.51. The summed E-state index contributed by atoms with van der Waals surface area (Å²) < 4.78 is 0. The van der Waals surface area contributed by atoms with Crippen LogP contribution in [0.5, 0.6) is 0 Å². The molecule has 8 nitrogen and oxygen atoms in total. The molecule has 0 rings (SSSR count). The zero-order valence-electron chi connectivity index (χ0n) is 8.99. The molecule has 0 aliphatic heterocycles. The average molecular weight is 288 g/mol. The van der Waals surface area contributed by atoms with Gasteiger partial charge in [0.05, 0.1) is 0 Å². The fraction of sp³-hybridized carbons (Fsp3) is 0.750. The fourth-order valence-corrected chi connectivity index (χ4v) is 0.787. The van der Waals surface area contributed by atoms with Gasteiger partial charge in [0.15, 0.2) is 0 Å². The zero-order chi connectivity index (χ0) is 10.8. The maximum absolute atomic E-state index is 10.9. The molecule has 0 aliphatic rings. The van der Waals surface area contributed by atoms with Gasteiger partial charge >= 0.3 is 71.1 Å². The van der Waals surface area contributed by atoms with E-state index in [4.69, 9.17) is 10.8 Å². The Hall–Kier alpha value is 0.780. The van der Waals surface area contributed by atoms with Gasteiger partial charge in [0.25, 0.3) is 0 Å². The van der Waals surface area contributed by atoms with Crippen molar-refractivity contribution in [2.75, 3.05) is 13.1 Å². The number of carbonyl (C=O) groups excluding carboxylic acids is 1. The minimum absolute atomic E-state index is 0. The van der Waals surface area contributed by atoms with E-state index in [1.807, 2.05) is 0 Å². The number of hydroxylamine groups is 1. The topological polar surface area (TPSA) is 165 Å². The Bertz CT molecular complexity index is 196. The average Bonchev–Trinajstić information content (AvgIpc) is 2.13. The minimum atomic E-state index is -0.848. The first-order valence-electron chi connectivity index (χ1n) is 4.51. The van der Waals surface area contributed by atoms with Gasteiger partial charge in [-0.2, -0.15) is 5.48 Å². The molecule has 102 valence electrons. The monoisotopic (exact) mass is 288 g/mol. The van der Waals surface area contributed by atoms with Crippen molar-refractivity contribution >= 4 is 71.1 Å². The summed E-state index contributed by atoms with van der Waals surface area (Å²) in [6, 6.07) is 0. The van der Waals surface area contributed by atoms with Crippen LogP contribution in [0.25, 0.3) is 0 Å². The third-order valence-corrected chi connectivity index (χ3v) is 1.45. The van der Waals surface area contributed by atoms with Crippen LogP contribution in [-0.4, -0.2) is 100 Å². The van der Waals surface area contributed by atoms with Crippen LogP contribution in [0.3, 0.4) is 0 Å². The summed E-state index contributed by atoms with van der Waals surface area (Å²) in [5, 5.41) is 8.31. The quantitative estimate of drug-likeness (QED) is 0.240. The molecule has 0 unspecified atom stereocenters. The molecule has 0 spiro atoms. The Labute approximate surface area is 150 Å². The summed E-state index contributed by atoms with van der Waals surface area (Å²) in [5.74, 6) is -1.23. The number of aliphatic carboxylic acids is 1. The predicted molar refractivity (Wildman–Crippen MR) is 70.8 cm³/mol. The summed E-state index contributed by atoms with van der Waals surface area (Å²) >= 11 is 0. The maximum atomic E-state index is 10.9. The molecular weight excluding hydrogens is 266 g/mol. The van der Waals surface area contributed by atoms with Gasteiger partial charge in [-0.3, -0.25) is 9.59 Å². The van der Waals surface area contributed by atoms with Crippen LogP contribution in [0.1, 0.15) is 25.7 Å². The van der Waals surface area contributed by atoms with E-state index in [1.54, 1.807) is 0 Å². The number of hydrogen-bond donors (Lipinski definition) is 3. The van der Waals surface area contributed by atoms with Crippen LogP contribution in [0, 0.1) is 0 Å². The Morgan fingerprint density at radius 1 is 1.11 bits per heavy atom. The first-order chi connectivity index (χ1) is 6.66. The van der Waals surface area contributed by atoms with Gasteiger partial charge in [0.1, 0.15) is 0 Å². The number of unbranched alkanes of at least 4 members (excludes halogenated alkanes) is 1. The molecule has 18 heavy (non-hydrogen) atoms. The fourth-order valence-electron chi connectivity index (χ4n) is 0.787. The molecule has 0 aromatic rings. The molecule has 0 bridgehead atoms. The summed E-state index contributed by atoms with van der Waals surface area (Å²) in [6.07, 6.45) is 1.32. The Morgan fingerprint density at radius 2 is 1.61 bits per heavy atom. The second-order valence-corrected chi connectivity index (χ2v) is 2.76. The molecular formula is C8H22N2Na2O6. The third kappa shape index (κ3) is 25.6. The van der Waals surface area contributed by atoms with E-state index in [9.17, 15) is 9.59 Å². The van der Waals surface area contributed by atoms with Gasteiger partial charge in [-0.25, -0.2) is 0 Å². The molecule has 0 aromatic heterocycles. The number of carbonyl (C=O) groups is 2. The van der Waals surface area contributed by atoms with Crippen molar-refractivity contribution < 1.29 is 30.5 Å². The van der Waals surface area contributed by atoms with Crippen LogP contribution in [0.4, 0.5) is 0 Å². The van der Waals surface area contributed by atoms with E-state index >= 15 is 0 Å². The van der Waals surface area contributed by atoms with Gasteiger partial charge < -0.3 is 26.6 Å². The van der Waals surface area contributed by atoms with Gasteiger partial charge in [-0.1, -0.05) is 0 Å². The van der Waals surface area contributed by atoms with E-state index in [-0.39, 0.29) is 88.9 Å². The number of rotatable bonds is 8. The summed E-state index contributed by atoms with van der Waals surface area (Å²) in [7, 11) is 0. The number of carboxylic acid groups (broad SMARTS) is 1. The summed E-state index contributed by atoms with van der Waals surface area (Å²) in [6.45, 7) is 0.813. The van der Waals surface area contributed by atoms with Crippen molar-refractivity contribution in [1.82, 2.24) is 5.48 Å². The zero-order valence-corrected chi connectivity index (χ0v) is 8.99. The van der Waals surface area contributed by atoms with Crippen molar-refractivity contribution in [2.45, 2.75) is 25.7 Å². The van der Waals surface area contributed by atoms with E-state index in [0.717, 1.165) is 0 Å². The van der Waals surface area contributed by atoms with Crippen LogP contribution >= 0.6 is 0 Å². The molecule has 0 amide bonds. The molecule has 0 aliphatic carbocycles. The molecule has 0 aromatic carbocycles. The summed E-state index contributed by atoms with van der Waals surface area (Å²) in [5.41, 5.74) is 7.54. The Balaban J connectivity index is -0.000000141.